The normalized spacial score (nSPS) is 18.4. The van der Waals surface area contributed by atoms with Gasteiger partial charge in [0.05, 0.1) is 32.2 Å². The molecule has 2 N–H and O–H groups in total. The van der Waals surface area contributed by atoms with Crippen molar-refractivity contribution in [2.45, 2.75) is 31.2 Å². The van der Waals surface area contributed by atoms with Crippen LogP contribution in [0.4, 0.5) is 19.0 Å². The van der Waals surface area contributed by atoms with E-state index in [-0.39, 0.29) is 24.3 Å². The van der Waals surface area contributed by atoms with E-state index in [1.165, 1.54) is 13.4 Å². The number of methoxy groups -OCH3 is 1. The Morgan fingerprint density at radius 2 is 2.20 bits per heavy atom. The third kappa shape index (κ3) is 3.85. The van der Waals surface area contributed by atoms with Gasteiger partial charge in [-0.2, -0.15) is 18.3 Å². The number of benzene rings is 1. The van der Waals surface area contributed by atoms with Gasteiger partial charge >= 0.3 is 6.18 Å². The Kier molecular flexibility index (Phi) is 5.15. The molecule has 2 aromatic heterocycles. The Bertz CT molecular complexity index is 1030. The number of hydrogen-bond donors (Lipinski definition) is 2. The fourth-order valence-corrected chi connectivity index (χ4v) is 3.48. The van der Waals surface area contributed by atoms with Crippen LogP contribution in [-0.2, 0) is 6.54 Å². The summed E-state index contributed by atoms with van der Waals surface area (Å²) >= 11 is 0. The van der Waals surface area contributed by atoms with Crippen molar-refractivity contribution >= 4 is 11.7 Å². The number of aromatic nitrogens is 2. The highest BCUT2D eigenvalue weighted by Crippen LogP contribution is 2.44. The van der Waals surface area contributed by atoms with Crippen molar-refractivity contribution in [2.24, 2.45) is 0 Å². The van der Waals surface area contributed by atoms with E-state index < -0.39 is 24.2 Å². The first-order valence-corrected chi connectivity index (χ1v) is 9.22. The van der Waals surface area contributed by atoms with Crippen molar-refractivity contribution < 1.29 is 27.1 Å². The summed E-state index contributed by atoms with van der Waals surface area (Å²) in [6.07, 6.45) is -2.18. The summed E-state index contributed by atoms with van der Waals surface area (Å²) in [5, 5.41) is 9.54. The van der Waals surface area contributed by atoms with E-state index in [9.17, 15) is 18.0 Å². The third-order valence-corrected chi connectivity index (χ3v) is 4.98. The van der Waals surface area contributed by atoms with Gasteiger partial charge in [-0.25, -0.2) is 4.68 Å². The molecular weight excluding hydrogens is 401 g/mol. The molecule has 1 amide bonds. The number of amides is 1. The van der Waals surface area contributed by atoms with E-state index in [0.717, 1.165) is 10.9 Å². The fraction of sp³-hybridized carbons (Fsp3) is 0.300. The fourth-order valence-electron chi connectivity index (χ4n) is 3.48. The van der Waals surface area contributed by atoms with Gasteiger partial charge in [-0.1, -0.05) is 12.1 Å². The van der Waals surface area contributed by atoms with Crippen molar-refractivity contribution in [2.75, 3.05) is 12.4 Å². The molecule has 0 aliphatic carbocycles. The molecule has 4 rings (SSSR count). The van der Waals surface area contributed by atoms with Crippen LogP contribution in [0.5, 0.6) is 5.75 Å². The lowest BCUT2D eigenvalue weighted by Gasteiger charge is -2.34. The molecule has 0 radical (unpaired) electrons. The van der Waals surface area contributed by atoms with Gasteiger partial charge in [-0.15, -0.1) is 0 Å². The van der Waals surface area contributed by atoms with Crippen LogP contribution >= 0.6 is 0 Å². The van der Waals surface area contributed by atoms with Crippen LogP contribution in [0, 0.1) is 0 Å². The number of fused-ring (bicyclic) bond motifs is 1. The Morgan fingerprint density at radius 3 is 2.90 bits per heavy atom. The van der Waals surface area contributed by atoms with Gasteiger partial charge in [-0.3, -0.25) is 4.79 Å². The van der Waals surface area contributed by atoms with Gasteiger partial charge in [0.25, 0.3) is 5.91 Å². The number of rotatable bonds is 5. The standard InChI is InChI=1S/C20H19F3N4O3/c1-29-13-5-2-4-12(8-13)16-9-17(20(21,22)23)27-18(26-16)15(11-25-27)19(28)24-10-14-6-3-7-30-14/h2-8,11,16-17,26H,9-10H2,1H3,(H,24,28)/t16-,17-/m0/s1. The van der Waals surface area contributed by atoms with Gasteiger partial charge in [0, 0.05) is 6.42 Å². The van der Waals surface area contributed by atoms with Crippen molar-refractivity contribution in [1.82, 2.24) is 15.1 Å². The second kappa shape index (κ2) is 7.77. The molecule has 0 saturated carbocycles. The summed E-state index contributed by atoms with van der Waals surface area (Å²) in [4.78, 5) is 12.6. The van der Waals surface area contributed by atoms with Crippen LogP contribution in [0.15, 0.2) is 53.3 Å². The molecule has 3 heterocycles. The van der Waals surface area contributed by atoms with Crippen molar-refractivity contribution in [3.8, 4) is 5.75 Å². The van der Waals surface area contributed by atoms with E-state index >= 15 is 0 Å². The first-order chi connectivity index (χ1) is 14.4. The highest BCUT2D eigenvalue weighted by Gasteiger charge is 2.47. The minimum atomic E-state index is -4.53. The number of halogens is 3. The van der Waals surface area contributed by atoms with E-state index in [1.807, 2.05) is 0 Å². The Morgan fingerprint density at radius 1 is 1.37 bits per heavy atom. The van der Waals surface area contributed by atoms with Crippen LogP contribution in [0.2, 0.25) is 0 Å². The topological polar surface area (TPSA) is 81.3 Å². The minimum absolute atomic E-state index is 0.0216. The van der Waals surface area contributed by atoms with Crippen LogP contribution in [0.3, 0.4) is 0 Å². The molecule has 0 spiro atoms. The molecule has 0 unspecified atom stereocenters. The number of alkyl halides is 3. The molecule has 0 saturated heterocycles. The number of anilines is 1. The zero-order valence-electron chi connectivity index (χ0n) is 15.9. The SMILES string of the molecule is COc1cccc([C@@H]2C[C@@H](C(F)(F)F)n3ncc(C(=O)NCc4ccco4)c3N2)c1. The zero-order valence-corrected chi connectivity index (χ0v) is 15.9. The Hall–Kier alpha value is -3.43. The van der Waals surface area contributed by atoms with Crippen LogP contribution in [-0.4, -0.2) is 29.0 Å². The first-order valence-electron chi connectivity index (χ1n) is 9.22. The summed E-state index contributed by atoms with van der Waals surface area (Å²) in [5.41, 5.74) is 0.654. The maximum Gasteiger partial charge on any atom is 0.410 e. The second-order valence-electron chi connectivity index (χ2n) is 6.88. The molecule has 30 heavy (non-hydrogen) atoms. The molecular formula is C20H19F3N4O3. The van der Waals surface area contributed by atoms with E-state index in [4.69, 9.17) is 9.15 Å². The van der Waals surface area contributed by atoms with Gasteiger partial charge in [-0.05, 0) is 29.8 Å². The lowest BCUT2D eigenvalue weighted by Crippen LogP contribution is -2.36. The molecule has 7 nitrogen and oxygen atoms in total. The lowest BCUT2D eigenvalue weighted by molar-refractivity contribution is -0.173. The van der Waals surface area contributed by atoms with E-state index in [0.29, 0.717) is 17.1 Å². The van der Waals surface area contributed by atoms with Crippen molar-refractivity contribution in [3.63, 3.8) is 0 Å². The quantitative estimate of drug-likeness (QED) is 0.650. The number of nitrogens with zero attached hydrogens (tertiary/aromatic N) is 2. The van der Waals surface area contributed by atoms with Crippen molar-refractivity contribution in [3.05, 3.63) is 65.7 Å². The molecule has 2 atom stereocenters. The average Bonchev–Trinajstić information content (AvgIpc) is 3.40. The maximum absolute atomic E-state index is 13.8. The highest BCUT2D eigenvalue weighted by atomic mass is 19.4. The molecule has 0 fully saturated rings. The monoisotopic (exact) mass is 420 g/mol. The number of nitrogens with one attached hydrogen (secondary N) is 2. The minimum Gasteiger partial charge on any atom is -0.497 e. The van der Waals surface area contributed by atoms with Crippen LogP contribution in [0.25, 0.3) is 0 Å². The van der Waals surface area contributed by atoms with E-state index in [2.05, 4.69) is 15.7 Å². The summed E-state index contributed by atoms with van der Waals surface area (Å²) in [5.74, 6) is 0.536. The molecule has 10 heteroatoms. The third-order valence-electron chi connectivity index (χ3n) is 4.98. The molecule has 1 aliphatic rings. The number of carbonyl (C=O) groups is 1. The highest BCUT2D eigenvalue weighted by molar-refractivity contribution is 5.98. The molecule has 158 valence electrons. The number of furan rings is 1. The Balaban J connectivity index is 1.65. The molecule has 1 aliphatic heterocycles. The van der Waals surface area contributed by atoms with Crippen LogP contribution in [0.1, 0.15) is 40.2 Å². The Labute approximate surface area is 169 Å². The average molecular weight is 420 g/mol. The largest absolute Gasteiger partial charge is 0.497 e. The van der Waals surface area contributed by atoms with Crippen LogP contribution < -0.4 is 15.4 Å². The number of ether oxygens (including phenoxy) is 1. The van der Waals surface area contributed by atoms with Gasteiger partial charge in [0.2, 0.25) is 0 Å². The maximum atomic E-state index is 13.8. The number of carbonyl (C=O) groups excluding carboxylic acids is 1. The summed E-state index contributed by atoms with van der Waals surface area (Å²) in [6.45, 7) is 0.110. The lowest BCUT2D eigenvalue weighted by atomic mass is 9.96. The van der Waals surface area contributed by atoms with Gasteiger partial charge < -0.3 is 19.8 Å². The number of hydrogen-bond acceptors (Lipinski definition) is 5. The van der Waals surface area contributed by atoms with Gasteiger partial charge in [0.1, 0.15) is 22.9 Å². The molecule has 3 aromatic rings. The summed E-state index contributed by atoms with van der Waals surface area (Å²) < 4.78 is 52.5. The predicted octanol–water partition coefficient (Wildman–Crippen LogP) is 4.08. The predicted molar refractivity (Wildman–Crippen MR) is 101 cm³/mol. The molecule has 0 bridgehead atoms. The molecule has 1 aromatic carbocycles. The summed E-state index contributed by atoms with van der Waals surface area (Å²) in [6, 6.07) is 7.64. The zero-order chi connectivity index (χ0) is 21.3. The smallest absolute Gasteiger partial charge is 0.410 e. The van der Waals surface area contributed by atoms with Crippen molar-refractivity contribution in [1.29, 1.82) is 0 Å². The first kappa shape index (κ1) is 19.9. The second-order valence-corrected chi connectivity index (χ2v) is 6.88. The summed E-state index contributed by atoms with van der Waals surface area (Å²) in [7, 11) is 1.49. The van der Waals surface area contributed by atoms with E-state index in [1.54, 1.807) is 36.4 Å². The van der Waals surface area contributed by atoms with Gasteiger partial charge in [0.15, 0.2) is 6.04 Å².